The van der Waals surface area contributed by atoms with Gasteiger partial charge in [0.05, 0.1) is 6.61 Å². The number of rotatable bonds is 7. The summed E-state index contributed by atoms with van der Waals surface area (Å²) in [5, 5.41) is 11.7. The zero-order valence-electron chi connectivity index (χ0n) is 19.5. The number of hydrogen-bond donors (Lipinski definition) is 1. The van der Waals surface area contributed by atoms with Crippen molar-refractivity contribution in [2.24, 2.45) is 23.7 Å². The summed E-state index contributed by atoms with van der Waals surface area (Å²) in [5.74, 6) is 2.65. The standard InChI is InChI=1S/C28H33NO5/c30-27(28(31,20-7-3-1-4-8-20)21-9-5-2-6-10-21)32-17-24-22-15-29(16-23(22)24)14-19-11-12-25-26(13-19)34-18-33-25/h1,3-4,7-8,11-13,21-24,31H,2,5-6,9-10,14-18H2. The Hall–Kier alpha value is -2.57. The highest BCUT2D eigenvalue weighted by molar-refractivity contribution is 5.81. The van der Waals surface area contributed by atoms with E-state index in [1.54, 1.807) is 0 Å². The molecule has 180 valence electrons. The van der Waals surface area contributed by atoms with Gasteiger partial charge < -0.3 is 19.3 Å². The molecule has 0 bridgehead atoms. The average Bonchev–Trinajstić information content (AvgIpc) is 3.20. The van der Waals surface area contributed by atoms with Gasteiger partial charge in [0.1, 0.15) is 0 Å². The Balaban J connectivity index is 1.04. The maximum atomic E-state index is 13.3. The van der Waals surface area contributed by atoms with Crippen molar-refractivity contribution in [3.8, 4) is 11.5 Å². The minimum absolute atomic E-state index is 0.0768. The third kappa shape index (κ3) is 3.97. The smallest absolute Gasteiger partial charge is 0.343 e. The number of piperidine rings is 1. The van der Waals surface area contributed by atoms with Gasteiger partial charge in [-0.3, -0.25) is 4.90 Å². The second-order valence-electron chi connectivity index (χ2n) is 10.4. The first-order valence-electron chi connectivity index (χ1n) is 12.7. The molecule has 6 heteroatoms. The van der Waals surface area contributed by atoms with Gasteiger partial charge in [0.15, 0.2) is 17.1 Å². The van der Waals surface area contributed by atoms with E-state index in [0.717, 1.165) is 56.8 Å². The van der Waals surface area contributed by atoms with Crippen molar-refractivity contribution in [2.45, 2.75) is 44.2 Å². The molecule has 0 spiro atoms. The topological polar surface area (TPSA) is 68.2 Å². The van der Waals surface area contributed by atoms with Gasteiger partial charge in [0.2, 0.25) is 6.79 Å². The van der Waals surface area contributed by atoms with Crippen molar-refractivity contribution in [1.29, 1.82) is 0 Å². The molecular weight excluding hydrogens is 430 g/mol. The van der Waals surface area contributed by atoms with Crippen LogP contribution in [0.3, 0.4) is 0 Å². The molecule has 3 unspecified atom stereocenters. The molecule has 3 atom stereocenters. The van der Waals surface area contributed by atoms with E-state index in [-0.39, 0.29) is 5.92 Å². The quantitative estimate of drug-likeness (QED) is 0.624. The maximum Gasteiger partial charge on any atom is 0.343 e. The number of esters is 1. The Labute approximate surface area is 200 Å². The molecule has 2 aliphatic heterocycles. The number of fused-ring (bicyclic) bond motifs is 2. The predicted molar refractivity (Wildman–Crippen MR) is 126 cm³/mol. The minimum atomic E-state index is -1.54. The molecule has 2 saturated carbocycles. The highest BCUT2D eigenvalue weighted by Gasteiger charge is 2.56. The third-order valence-corrected chi connectivity index (χ3v) is 8.42. The fourth-order valence-corrected chi connectivity index (χ4v) is 6.43. The van der Waals surface area contributed by atoms with E-state index in [4.69, 9.17) is 14.2 Å². The lowest BCUT2D eigenvalue weighted by molar-refractivity contribution is -0.176. The van der Waals surface area contributed by atoms with E-state index >= 15 is 0 Å². The fourth-order valence-electron chi connectivity index (χ4n) is 6.43. The minimum Gasteiger partial charge on any atom is -0.463 e. The first kappa shape index (κ1) is 21.9. The Morgan fingerprint density at radius 1 is 1.00 bits per heavy atom. The van der Waals surface area contributed by atoms with Crippen molar-refractivity contribution in [1.82, 2.24) is 4.90 Å². The lowest BCUT2D eigenvalue weighted by Gasteiger charge is -2.36. The lowest BCUT2D eigenvalue weighted by Crippen LogP contribution is -2.45. The summed E-state index contributed by atoms with van der Waals surface area (Å²) in [6, 6.07) is 15.6. The number of hydrogen-bond acceptors (Lipinski definition) is 6. The maximum absolute atomic E-state index is 13.3. The van der Waals surface area contributed by atoms with Gasteiger partial charge in [-0.15, -0.1) is 0 Å². The van der Waals surface area contributed by atoms with Crippen molar-refractivity contribution in [3.63, 3.8) is 0 Å². The van der Waals surface area contributed by atoms with Crippen molar-refractivity contribution in [3.05, 3.63) is 59.7 Å². The van der Waals surface area contributed by atoms with Crippen molar-refractivity contribution >= 4 is 5.97 Å². The van der Waals surface area contributed by atoms with Crippen LogP contribution in [0.4, 0.5) is 0 Å². The molecule has 2 aromatic rings. The van der Waals surface area contributed by atoms with Gasteiger partial charge in [0.25, 0.3) is 0 Å². The van der Waals surface area contributed by atoms with Gasteiger partial charge in [-0.1, -0.05) is 55.7 Å². The molecule has 6 nitrogen and oxygen atoms in total. The molecule has 6 rings (SSSR count). The van der Waals surface area contributed by atoms with Gasteiger partial charge >= 0.3 is 5.97 Å². The normalized spacial score (nSPS) is 27.7. The first-order chi connectivity index (χ1) is 16.6. The lowest BCUT2D eigenvalue weighted by atomic mass is 9.73. The molecule has 2 aliphatic carbocycles. The highest BCUT2D eigenvalue weighted by atomic mass is 16.7. The van der Waals surface area contributed by atoms with Gasteiger partial charge in [-0.2, -0.15) is 0 Å². The Bertz CT molecular complexity index is 1020. The van der Waals surface area contributed by atoms with E-state index in [0.29, 0.717) is 36.7 Å². The summed E-state index contributed by atoms with van der Waals surface area (Å²) in [6.45, 7) is 3.65. The van der Waals surface area contributed by atoms with Crippen LogP contribution >= 0.6 is 0 Å². The average molecular weight is 464 g/mol. The fraction of sp³-hybridized carbons (Fsp3) is 0.536. The van der Waals surface area contributed by atoms with E-state index in [9.17, 15) is 9.90 Å². The Morgan fingerprint density at radius 2 is 1.74 bits per heavy atom. The molecule has 0 amide bonds. The first-order valence-corrected chi connectivity index (χ1v) is 12.7. The summed E-state index contributed by atoms with van der Waals surface area (Å²) >= 11 is 0. The molecule has 0 radical (unpaired) electrons. The number of benzene rings is 2. The summed E-state index contributed by atoms with van der Waals surface area (Å²) in [5.41, 5.74) is 0.351. The van der Waals surface area contributed by atoms with Crippen LogP contribution in [0.25, 0.3) is 0 Å². The predicted octanol–water partition coefficient (Wildman–Crippen LogP) is 4.10. The molecule has 2 aromatic carbocycles. The van der Waals surface area contributed by atoms with E-state index in [2.05, 4.69) is 17.0 Å². The van der Waals surface area contributed by atoms with Gasteiger partial charge in [0, 0.05) is 31.5 Å². The number of ether oxygens (including phenoxy) is 3. The summed E-state index contributed by atoms with van der Waals surface area (Å²) < 4.78 is 16.7. The summed E-state index contributed by atoms with van der Waals surface area (Å²) in [7, 11) is 0. The molecule has 4 aliphatic rings. The molecule has 34 heavy (non-hydrogen) atoms. The van der Waals surface area contributed by atoms with E-state index < -0.39 is 11.6 Å². The van der Waals surface area contributed by atoms with Crippen LogP contribution in [0.2, 0.25) is 0 Å². The molecule has 2 heterocycles. The van der Waals surface area contributed by atoms with E-state index in [1.807, 2.05) is 36.4 Å². The largest absolute Gasteiger partial charge is 0.463 e. The third-order valence-electron chi connectivity index (χ3n) is 8.42. The number of carbonyl (C=O) groups excluding carboxylic acids is 1. The summed E-state index contributed by atoms with van der Waals surface area (Å²) in [4.78, 5) is 15.8. The zero-order chi connectivity index (χ0) is 23.1. The highest BCUT2D eigenvalue weighted by Crippen LogP contribution is 2.52. The van der Waals surface area contributed by atoms with Crippen molar-refractivity contribution < 1.29 is 24.1 Å². The SMILES string of the molecule is O=C(OCC1C2CN(Cc3ccc4c(c3)OCO4)CC12)C(O)(c1ccccc1)C1CCCCC1. The van der Waals surface area contributed by atoms with Crippen LogP contribution in [-0.2, 0) is 21.7 Å². The number of carbonyl (C=O) groups is 1. The summed E-state index contributed by atoms with van der Waals surface area (Å²) in [6.07, 6.45) is 5.01. The molecule has 3 fully saturated rings. The van der Waals surface area contributed by atoms with Crippen molar-refractivity contribution in [2.75, 3.05) is 26.5 Å². The van der Waals surface area contributed by atoms with Gasteiger partial charge in [-0.25, -0.2) is 4.79 Å². The van der Waals surface area contributed by atoms with Crippen LogP contribution in [-0.4, -0.2) is 42.5 Å². The number of aliphatic hydroxyl groups is 1. The van der Waals surface area contributed by atoms with Crippen LogP contribution in [0, 0.1) is 23.7 Å². The number of nitrogens with zero attached hydrogens (tertiary/aromatic N) is 1. The van der Waals surface area contributed by atoms with E-state index in [1.165, 1.54) is 12.0 Å². The molecule has 1 saturated heterocycles. The molecule has 1 N–H and O–H groups in total. The van der Waals surface area contributed by atoms with Crippen LogP contribution < -0.4 is 9.47 Å². The van der Waals surface area contributed by atoms with Crippen LogP contribution in [0.1, 0.15) is 43.2 Å². The van der Waals surface area contributed by atoms with Gasteiger partial charge in [-0.05, 0) is 47.9 Å². The molecular formula is C28H33NO5. The Kier molecular flexibility index (Phi) is 5.74. The zero-order valence-corrected chi connectivity index (χ0v) is 19.5. The second kappa shape index (κ2) is 8.90. The van der Waals surface area contributed by atoms with Crippen LogP contribution in [0.5, 0.6) is 11.5 Å². The second-order valence-corrected chi connectivity index (χ2v) is 10.4. The Morgan fingerprint density at radius 3 is 2.50 bits per heavy atom. The number of likely N-dealkylation sites (tertiary alicyclic amines) is 1. The van der Waals surface area contributed by atoms with Crippen LogP contribution in [0.15, 0.2) is 48.5 Å². The molecule has 0 aromatic heterocycles. The monoisotopic (exact) mass is 463 g/mol.